The molecule has 1 aliphatic carbocycles. The summed E-state index contributed by atoms with van der Waals surface area (Å²) in [7, 11) is 0. The second-order valence-corrected chi connectivity index (χ2v) is 9.45. The molecule has 2 heterocycles. The fourth-order valence-corrected chi connectivity index (χ4v) is 4.80. The van der Waals surface area contributed by atoms with Gasteiger partial charge in [0.05, 0.1) is 5.69 Å². The number of rotatable bonds is 5. The first-order valence-electron chi connectivity index (χ1n) is 11.2. The summed E-state index contributed by atoms with van der Waals surface area (Å²) in [5.74, 6) is 2.18. The van der Waals surface area contributed by atoms with Crippen molar-refractivity contribution in [2.75, 3.05) is 13.1 Å². The maximum atomic E-state index is 12.4. The Morgan fingerprint density at radius 2 is 1.77 bits per heavy atom. The van der Waals surface area contributed by atoms with Crippen LogP contribution in [0.4, 0.5) is 0 Å². The Bertz CT molecular complexity index is 1110. The summed E-state index contributed by atoms with van der Waals surface area (Å²) in [6.07, 6.45) is 3.23. The van der Waals surface area contributed by atoms with Crippen molar-refractivity contribution in [3.05, 3.63) is 64.9 Å². The van der Waals surface area contributed by atoms with E-state index in [4.69, 9.17) is 16.6 Å². The first-order chi connectivity index (χ1) is 15.0. The van der Waals surface area contributed by atoms with Crippen LogP contribution in [0.5, 0.6) is 0 Å². The number of hydrogen-bond acceptors (Lipinski definition) is 2. The van der Waals surface area contributed by atoms with Crippen molar-refractivity contribution >= 4 is 17.5 Å². The van der Waals surface area contributed by atoms with E-state index in [1.165, 1.54) is 5.69 Å². The number of carbonyl (C=O) groups is 1. The predicted octanol–water partition coefficient (Wildman–Crippen LogP) is 5.75. The van der Waals surface area contributed by atoms with Crippen molar-refractivity contribution in [1.29, 1.82) is 0 Å². The molecule has 5 heteroatoms. The summed E-state index contributed by atoms with van der Waals surface area (Å²) in [4.78, 5) is 19.4. The van der Waals surface area contributed by atoms with E-state index in [0.29, 0.717) is 17.7 Å². The number of imidazole rings is 1. The van der Waals surface area contributed by atoms with Crippen molar-refractivity contribution in [3.8, 4) is 22.5 Å². The smallest absolute Gasteiger partial charge is 0.225 e. The number of carbonyl (C=O) groups excluding carboxylic acids is 1. The third-order valence-corrected chi connectivity index (χ3v) is 6.96. The largest absolute Gasteiger partial charge is 0.342 e. The van der Waals surface area contributed by atoms with Gasteiger partial charge in [0.2, 0.25) is 5.91 Å². The number of benzene rings is 2. The van der Waals surface area contributed by atoms with E-state index >= 15 is 0 Å². The van der Waals surface area contributed by atoms with Gasteiger partial charge in [-0.1, -0.05) is 48.0 Å². The lowest BCUT2D eigenvalue weighted by Gasteiger charge is -2.18. The lowest BCUT2D eigenvalue weighted by atomic mass is 10.0. The molecule has 2 aliphatic rings. The van der Waals surface area contributed by atoms with Gasteiger partial charge in [-0.15, -0.1) is 0 Å². The van der Waals surface area contributed by atoms with Crippen LogP contribution in [0.3, 0.4) is 0 Å². The second kappa shape index (κ2) is 8.16. The number of likely N-dealkylation sites (tertiary alicyclic amines) is 1. The van der Waals surface area contributed by atoms with Crippen molar-refractivity contribution in [2.24, 2.45) is 11.8 Å². The summed E-state index contributed by atoms with van der Waals surface area (Å²) < 4.78 is 2.35. The number of amides is 1. The monoisotopic (exact) mass is 433 g/mol. The minimum atomic E-state index is 0.310. The molecule has 160 valence electrons. The summed E-state index contributed by atoms with van der Waals surface area (Å²) >= 11 is 6.16. The van der Waals surface area contributed by atoms with Gasteiger partial charge in [-0.05, 0) is 62.3 Å². The van der Waals surface area contributed by atoms with E-state index in [-0.39, 0.29) is 0 Å². The molecule has 3 aromatic rings. The molecule has 2 fully saturated rings. The zero-order valence-corrected chi connectivity index (χ0v) is 18.9. The molecule has 5 rings (SSSR count). The molecule has 0 radical (unpaired) electrons. The van der Waals surface area contributed by atoms with Crippen LogP contribution in [0.2, 0.25) is 5.02 Å². The summed E-state index contributed by atoms with van der Waals surface area (Å²) in [6, 6.07) is 16.5. The normalized spacial score (nSPS) is 18.5. The van der Waals surface area contributed by atoms with Crippen LogP contribution in [0.15, 0.2) is 48.5 Å². The topological polar surface area (TPSA) is 38.1 Å². The van der Waals surface area contributed by atoms with Gasteiger partial charge >= 0.3 is 0 Å². The molecule has 1 saturated heterocycles. The molecule has 1 atom stereocenters. The highest BCUT2D eigenvalue weighted by Crippen LogP contribution is 2.34. The van der Waals surface area contributed by atoms with E-state index in [0.717, 1.165) is 72.1 Å². The molecule has 1 aromatic heterocycles. The van der Waals surface area contributed by atoms with Crippen molar-refractivity contribution in [2.45, 2.75) is 39.7 Å². The highest BCUT2D eigenvalue weighted by atomic mass is 35.5. The highest BCUT2D eigenvalue weighted by Gasteiger charge is 2.36. The van der Waals surface area contributed by atoms with Crippen LogP contribution >= 0.6 is 11.6 Å². The van der Waals surface area contributed by atoms with Gasteiger partial charge in [-0.3, -0.25) is 4.79 Å². The van der Waals surface area contributed by atoms with Crippen LogP contribution in [-0.2, 0) is 11.3 Å². The maximum Gasteiger partial charge on any atom is 0.225 e. The first kappa shape index (κ1) is 20.3. The Morgan fingerprint density at radius 3 is 2.48 bits per heavy atom. The third kappa shape index (κ3) is 4.14. The lowest BCUT2D eigenvalue weighted by molar-refractivity contribution is -0.131. The van der Waals surface area contributed by atoms with Crippen LogP contribution < -0.4 is 0 Å². The summed E-state index contributed by atoms with van der Waals surface area (Å²) in [5, 5.41) is 0.745. The average molecular weight is 434 g/mol. The molecule has 1 saturated carbocycles. The van der Waals surface area contributed by atoms with E-state index in [1.807, 2.05) is 18.2 Å². The van der Waals surface area contributed by atoms with Crippen molar-refractivity contribution < 1.29 is 4.79 Å². The van der Waals surface area contributed by atoms with E-state index in [1.54, 1.807) is 0 Å². The number of aromatic nitrogens is 2. The quantitative estimate of drug-likeness (QED) is 0.514. The SMILES string of the molecule is Cc1nc(-c2ccc(-c3cccc(Cl)c3)cc2)n(CC2CCN(C(=O)C3CC3)C2)c1C. The molecule has 1 aliphatic heterocycles. The maximum absolute atomic E-state index is 12.4. The number of hydrogen-bond donors (Lipinski definition) is 0. The molecule has 1 unspecified atom stereocenters. The first-order valence-corrected chi connectivity index (χ1v) is 11.6. The van der Waals surface area contributed by atoms with Gasteiger partial charge in [-0.2, -0.15) is 0 Å². The Kier molecular flexibility index (Phi) is 5.35. The van der Waals surface area contributed by atoms with Gasteiger partial charge in [0.1, 0.15) is 5.82 Å². The van der Waals surface area contributed by atoms with Crippen LogP contribution in [0.1, 0.15) is 30.7 Å². The summed E-state index contributed by atoms with van der Waals surface area (Å²) in [5.41, 5.74) is 5.65. The fourth-order valence-electron chi connectivity index (χ4n) is 4.61. The molecule has 0 N–H and O–H groups in total. The average Bonchev–Trinajstić information content (AvgIpc) is 3.46. The molecule has 4 nitrogen and oxygen atoms in total. The van der Waals surface area contributed by atoms with E-state index in [9.17, 15) is 4.79 Å². The van der Waals surface area contributed by atoms with Gasteiger partial charge < -0.3 is 9.47 Å². The van der Waals surface area contributed by atoms with Gasteiger partial charge in [0.15, 0.2) is 0 Å². The summed E-state index contributed by atoms with van der Waals surface area (Å²) in [6.45, 7) is 6.91. The van der Waals surface area contributed by atoms with Crippen molar-refractivity contribution in [3.63, 3.8) is 0 Å². The lowest BCUT2D eigenvalue weighted by Crippen LogP contribution is -2.30. The minimum absolute atomic E-state index is 0.310. The molecule has 1 amide bonds. The fraction of sp³-hybridized carbons (Fsp3) is 0.385. The van der Waals surface area contributed by atoms with Crippen LogP contribution in [0.25, 0.3) is 22.5 Å². The Labute approximate surface area is 188 Å². The molecular formula is C26H28ClN3O. The standard InChI is InChI=1S/C26H28ClN3O/c1-17-18(2)30(16-19-12-13-29(15-19)26(31)22-10-11-22)25(28-17)21-8-6-20(7-9-21)23-4-3-5-24(27)14-23/h3-9,14,19,22H,10-13,15-16H2,1-2H3. The van der Waals surface area contributed by atoms with Gasteiger partial charge in [0, 0.05) is 41.8 Å². The zero-order chi connectivity index (χ0) is 21.5. The molecular weight excluding hydrogens is 406 g/mol. The molecule has 2 aromatic carbocycles. The third-order valence-electron chi connectivity index (χ3n) is 6.72. The Balaban J connectivity index is 1.37. The molecule has 31 heavy (non-hydrogen) atoms. The molecule has 0 spiro atoms. The molecule has 0 bridgehead atoms. The van der Waals surface area contributed by atoms with Crippen molar-refractivity contribution in [1.82, 2.24) is 14.5 Å². The Morgan fingerprint density at radius 1 is 1.03 bits per heavy atom. The highest BCUT2D eigenvalue weighted by molar-refractivity contribution is 6.30. The second-order valence-electron chi connectivity index (χ2n) is 9.02. The van der Waals surface area contributed by atoms with Crippen LogP contribution in [-0.4, -0.2) is 33.4 Å². The number of aryl methyl sites for hydroxylation is 1. The van der Waals surface area contributed by atoms with Gasteiger partial charge in [0.25, 0.3) is 0 Å². The van der Waals surface area contributed by atoms with E-state index in [2.05, 4.69) is 53.6 Å². The number of nitrogens with zero attached hydrogens (tertiary/aromatic N) is 3. The zero-order valence-electron chi connectivity index (χ0n) is 18.1. The number of halogens is 1. The Hall–Kier alpha value is -2.59. The predicted molar refractivity (Wildman–Crippen MR) is 125 cm³/mol. The van der Waals surface area contributed by atoms with E-state index < -0.39 is 0 Å². The van der Waals surface area contributed by atoms with Gasteiger partial charge in [-0.25, -0.2) is 4.98 Å². The minimum Gasteiger partial charge on any atom is -0.342 e. The van der Waals surface area contributed by atoms with Crippen LogP contribution in [0, 0.1) is 25.7 Å².